The van der Waals surface area contributed by atoms with Gasteiger partial charge in [0.2, 0.25) is 6.29 Å². The van der Waals surface area contributed by atoms with Gasteiger partial charge in [-0.25, -0.2) is 4.79 Å². The molecule has 148 valence electrons. The van der Waals surface area contributed by atoms with Crippen molar-refractivity contribution in [2.24, 2.45) is 10.9 Å². The van der Waals surface area contributed by atoms with Crippen LogP contribution in [0.3, 0.4) is 0 Å². The number of methoxy groups -OCH3 is 4. The lowest BCUT2D eigenvalue weighted by Crippen LogP contribution is -2.41. The SMILES string of the molecule is CCOC(=O)C1=C(C(OC)OC)N=C(C(OC)OC)C(C(=O)OCC)C1. The topological polar surface area (TPSA) is 102 Å². The van der Waals surface area contributed by atoms with Gasteiger partial charge in [-0.15, -0.1) is 0 Å². The van der Waals surface area contributed by atoms with E-state index < -0.39 is 30.4 Å². The first-order valence-corrected chi connectivity index (χ1v) is 8.25. The molecule has 0 aliphatic carbocycles. The number of esters is 2. The van der Waals surface area contributed by atoms with Gasteiger partial charge >= 0.3 is 11.9 Å². The number of ether oxygens (including phenoxy) is 6. The molecule has 0 spiro atoms. The molecule has 1 rings (SSSR count). The van der Waals surface area contributed by atoms with Gasteiger partial charge in [-0.1, -0.05) is 0 Å². The van der Waals surface area contributed by atoms with Gasteiger partial charge in [-0.2, -0.15) is 0 Å². The van der Waals surface area contributed by atoms with Gasteiger partial charge in [0.05, 0.1) is 24.5 Å². The molecule has 0 amide bonds. The van der Waals surface area contributed by atoms with E-state index in [1.54, 1.807) is 13.8 Å². The average molecular weight is 373 g/mol. The van der Waals surface area contributed by atoms with Gasteiger partial charge < -0.3 is 28.4 Å². The van der Waals surface area contributed by atoms with Crippen molar-refractivity contribution < 1.29 is 38.0 Å². The molecule has 0 aromatic heterocycles. The lowest BCUT2D eigenvalue weighted by molar-refractivity contribution is -0.147. The van der Waals surface area contributed by atoms with Gasteiger partial charge in [-0.3, -0.25) is 9.79 Å². The molecule has 0 aromatic carbocycles. The molecule has 0 N–H and O–H groups in total. The smallest absolute Gasteiger partial charge is 0.336 e. The normalized spacial score (nSPS) is 17.5. The zero-order chi connectivity index (χ0) is 19.7. The summed E-state index contributed by atoms with van der Waals surface area (Å²) in [5, 5.41) is 0. The second kappa shape index (κ2) is 11.0. The Hall–Kier alpha value is -1.81. The number of nitrogens with zero attached hydrogens (tertiary/aromatic N) is 1. The average Bonchev–Trinajstić information content (AvgIpc) is 2.64. The second-order valence-corrected chi connectivity index (χ2v) is 5.24. The fraction of sp³-hybridized carbons (Fsp3) is 0.706. The molecule has 0 bridgehead atoms. The molecule has 0 fully saturated rings. The number of rotatable bonds is 10. The molecule has 1 atom stereocenters. The predicted molar refractivity (Wildman–Crippen MR) is 91.4 cm³/mol. The standard InChI is InChI=1S/C17H27NO8/c1-7-25-14(19)10-9-11(15(20)26-8-2)13(17(23-5)24-6)18-12(10)16(21-3)22-4/h10,16-17H,7-9H2,1-6H3. The number of carbonyl (C=O) groups excluding carboxylic acids is 2. The quantitative estimate of drug-likeness (QED) is 0.414. The summed E-state index contributed by atoms with van der Waals surface area (Å²) < 4.78 is 31.2. The summed E-state index contributed by atoms with van der Waals surface area (Å²) in [6.07, 6.45) is -1.79. The van der Waals surface area contributed by atoms with Crippen LogP contribution in [0.4, 0.5) is 0 Å². The Balaban J connectivity index is 3.48. The first-order valence-electron chi connectivity index (χ1n) is 8.25. The zero-order valence-corrected chi connectivity index (χ0v) is 16.1. The van der Waals surface area contributed by atoms with Gasteiger partial charge in [-0.05, 0) is 13.8 Å². The molecule has 0 aromatic rings. The Bertz CT molecular complexity index is 549. The Morgan fingerprint density at radius 1 is 0.962 bits per heavy atom. The Morgan fingerprint density at radius 3 is 1.96 bits per heavy atom. The predicted octanol–water partition coefficient (Wildman–Crippen LogP) is 1.07. The molecular formula is C17H27NO8. The summed E-state index contributed by atoms with van der Waals surface area (Å²) in [4.78, 5) is 29.3. The van der Waals surface area contributed by atoms with Crippen LogP contribution in [0, 0.1) is 5.92 Å². The Morgan fingerprint density at radius 2 is 1.50 bits per heavy atom. The van der Waals surface area contributed by atoms with Gasteiger partial charge in [0.15, 0.2) is 6.29 Å². The van der Waals surface area contributed by atoms with Gasteiger partial charge in [0, 0.05) is 34.9 Å². The first kappa shape index (κ1) is 22.2. The third-order valence-corrected chi connectivity index (χ3v) is 3.74. The van der Waals surface area contributed by atoms with Crippen molar-refractivity contribution in [2.75, 3.05) is 41.7 Å². The third kappa shape index (κ3) is 5.10. The molecule has 1 unspecified atom stereocenters. The maximum atomic E-state index is 12.4. The van der Waals surface area contributed by atoms with Gasteiger partial charge in [0.1, 0.15) is 11.6 Å². The Kier molecular flexibility index (Phi) is 9.42. The fourth-order valence-electron chi connectivity index (χ4n) is 2.62. The molecule has 0 radical (unpaired) electrons. The van der Waals surface area contributed by atoms with E-state index in [0.717, 1.165) is 0 Å². The summed E-state index contributed by atoms with van der Waals surface area (Å²) in [6, 6.07) is 0. The van der Waals surface area contributed by atoms with Crippen LogP contribution in [0.1, 0.15) is 20.3 Å². The number of aliphatic imine (C=N–C) groups is 1. The van der Waals surface area contributed by atoms with Gasteiger partial charge in [0.25, 0.3) is 0 Å². The minimum atomic E-state index is -0.915. The monoisotopic (exact) mass is 373 g/mol. The van der Waals surface area contributed by atoms with Crippen LogP contribution in [0.2, 0.25) is 0 Å². The van der Waals surface area contributed by atoms with Crippen molar-refractivity contribution in [3.8, 4) is 0 Å². The number of hydrogen-bond acceptors (Lipinski definition) is 9. The minimum Gasteiger partial charge on any atom is -0.465 e. The number of hydrogen-bond donors (Lipinski definition) is 0. The maximum absolute atomic E-state index is 12.4. The zero-order valence-electron chi connectivity index (χ0n) is 16.1. The van der Waals surface area contributed by atoms with Crippen molar-refractivity contribution in [3.63, 3.8) is 0 Å². The number of carbonyl (C=O) groups is 2. The van der Waals surface area contributed by atoms with E-state index in [0.29, 0.717) is 0 Å². The molecule has 0 saturated carbocycles. The summed E-state index contributed by atoms with van der Waals surface area (Å²) in [5.74, 6) is -1.97. The van der Waals surface area contributed by atoms with Crippen LogP contribution >= 0.6 is 0 Å². The molecule has 26 heavy (non-hydrogen) atoms. The first-order chi connectivity index (χ1) is 12.5. The van der Waals surface area contributed by atoms with E-state index in [1.165, 1.54) is 28.4 Å². The molecule has 9 nitrogen and oxygen atoms in total. The lowest BCUT2D eigenvalue weighted by Gasteiger charge is -2.30. The van der Waals surface area contributed by atoms with E-state index in [-0.39, 0.29) is 36.6 Å². The van der Waals surface area contributed by atoms with Crippen LogP contribution in [0.5, 0.6) is 0 Å². The third-order valence-electron chi connectivity index (χ3n) is 3.74. The molecule has 1 aliphatic heterocycles. The maximum Gasteiger partial charge on any atom is 0.336 e. The fourth-order valence-corrected chi connectivity index (χ4v) is 2.62. The molecule has 0 saturated heterocycles. The van der Waals surface area contributed by atoms with Crippen LogP contribution in [-0.4, -0.2) is 71.9 Å². The van der Waals surface area contributed by atoms with E-state index in [4.69, 9.17) is 28.4 Å². The van der Waals surface area contributed by atoms with E-state index >= 15 is 0 Å². The summed E-state index contributed by atoms with van der Waals surface area (Å²) in [7, 11) is 5.68. The lowest BCUT2D eigenvalue weighted by atomic mass is 9.89. The highest BCUT2D eigenvalue weighted by atomic mass is 16.7. The second-order valence-electron chi connectivity index (χ2n) is 5.24. The summed E-state index contributed by atoms with van der Waals surface area (Å²) >= 11 is 0. The van der Waals surface area contributed by atoms with Crippen molar-refractivity contribution in [3.05, 3.63) is 11.3 Å². The van der Waals surface area contributed by atoms with Crippen molar-refractivity contribution in [1.29, 1.82) is 0 Å². The van der Waals surface area contributed by atoms with Crippen molar-refractivity contribution >= 4 is 17.7 Å². The van der Waals surface area contributed by atoms with E-state index in [2.05, 4.69) is 4.99 Å². The minimum absolute atomic E-state index is 0.0122. The summed E-state index contributed by atoms with van der Waals surface area (Å²) in [6.45, 7) is 3.76. The van der Waals surface area contributed by atoms with Crippen molar-refractivity contribution in [2.45, 2.75) is 32.8 Å². The van der Waals surface area contributed by atoms with Crippen LogP contribution in [0.25, 0.3) is 0 Å². The highest BCUT2D eigenvalue weighted by Crippen LogP contribution is 2.31. The molecule has 9 heteroatoms. The van der Waals surface area contributed by atoms with Crippen LogP contribution < -0.4 is 0 Å². The molecular weight excluding hydrogens is 346 g/mol. The Labute approximate surface area is 153 Å². The van der Waals surface area contributed by atoms with Crippen LogP contribution in [-0.2, 0) is 38.0 Å². The molecule has 1 heterocycles. The highest BCUT2D eigenvalue weighted by molar-refractivity contribution is 6.07. The summed E-state index contributed by atoms with van der Waals surface area (Å²) in [5.41, 5.74) is 0.673. The molecule has 1 aliphatic rings. The van der Waals surface area contributed by atoms with Crippen molar-refractivity contribution in [1.82, 2.24) is 0 Å². The van der Waals surface area contributed by atoms with Crippen LogP contribution in [0.15, 0.2) is 16.3 Å². The van der Waals surface area contributed by atoms with E-state index in [1.807, 2.05) is 0 Å². The largest absolute Gasteiger partial charge is 0.465 e. The van der Waals surface area contributed by atoms with E-state index in [9.17, 15) is 9.59 Å². The highest BCUT2D eigenvalue weighted by Gasteiger charge is 2.40.